The SMILES string of the molecule is COc1ccccc1-c1cc(C)ncc1C(=O)Nc1nc2c(s1)CN(S(=O)(=O)N1CCCC1)C2. The van der Waals surface area contributed by atoms with Crippen LogP contribution in [0.1, 0.15) is 39.5 Å². The van der Waals surface area contributed by atoms with Gasteiger partial charge >= 0.3 is 0 Å². The third-order valence-corrected chi connectivity index (χ3v) is 8.97. The Hall–Kier alpha value is -2.86. The fourth-order valence-corrected chi connectivity index (χ4v) is 6.99. The summed E-state index contributed by atoms with van der Waals surface area (Å²) in [6.07, 6.45) is 3.35. The molecule has 1 aromatic carbocycles. The monoisotopic (exact) mass is 499 g/mol. The lowest BCUT2D eigenvalue weighted by atomic mass is 9.99. The second-order valence-electron chi connectivity index (χ2n) is 8.30. The molecule has 2 aromatic heterocycles. The Morgan fingerprint density at radius 1 is 1.12 bits per heavy atom. The summed E-state index contributed by atoms with van der Waals surface area (Å²) < 4.78 is 34.2. The second kappa shape index (κ2) is 9.06. The van der Waals surface area contributed by atoms with Gasteiger partial charge in [0.1, 0.15) is 5.75 Å². The van der Waals surface area contributed by atoms with Crippen molar-refractivity contribution in [2.45, 2.75) is 32.9 Å². The summed E-state index contributed by atoms with van der Waals surface area (Å²) in [6, 6.07) is 9.37. The molecule has 0 saturated carbocycles. The van der Waals surface area contributed by atoms with Crippen LogP contribution in [0.25, 0.3) is 11.1 Å². The highest BCUT2D eigenvalue weighted by atomic mass is 32.2. The van der Waals surface area contributed by atoms with Gasteiger partial charge in [0.2, 0.25) is 0 Å². The Balaban J connectivity index is 1.36. The standard InChI is InChI=1S/C23H25N5O4S2/c1-15-11-17(16-7-3-4-8-20(16)32-2)18(12-24-15)22(29)26-23-25-19-13-28(14-21(19)33-23)34(30,31)27-9-5-6-10-27/h3-4,7-8,11-12H,5-6,9-10,13-14H2,1-2H3,(H,25,26,29). The zero-order chi connectivity index (χ0) is 23.9. The van der Waals surface area contributed by atoms with Crippen molar-refractivity contribution in [3.8, 4) is 16.9 Å². The molecule has 0 bridgehead atoms. The Kier molecular flexibility index (Phi) is 6.11. The molecular weight excluding hydrogens is 474 g/mol. The van der Waals surface area contributed by atoms with E-state index in [2.05, 4.69) is 15.3 Å². The summed E-state index contributed by atoms with van der Waals surface area (Å²) in [5.74, 6) is 0.331. The highest BCUT2D eigenvalue weighted by molar-refractivity contribution is 7.86. The van der Waals surface area contributed by atoms with Crippen molar-refractivity contribution in [2.24, 2.45) is 0 Å². The molecule has 2 aliphatic heterocycles. The molecule has 5 rings (SSSR count). The molecule has 0 spiro atoms. The summed E-state index contributed by atoms with van der Waals surface area (Å²) in [6.45, 7) is 3.51. The van der Waals surface area contributed by atoms with Crippen LogP contribution in [0.3, 0.4) is 0 Å². The van der Waals surface area contributed by atoms with Gasteiger partial charge in [-0.2, -0.15) is 17.0 Å². The van der Waals surface area contributed by atoms with Gasteiger partial charge in [0, 0.05) is 41.0 Å². The molecule has 4 heterocycles. The number of carbonyl (C=O) groups is 1. The number of rotatable bonds is 6. The van der Waals surface area contributed by atoms with E-state index < -0.39 is 10.2 Å². The van der Waals surface area contributed by atoms with Crippen molar-refractivity contribution < 1.29 is 17.9 Å². The number of methoxy groups -OCH3 is 1. The van der Waals surface area contributed by atoms with Gasteiger partial charge in [-0.25, -0.2) is 4.98 Å². The van der Waals surface area contributed by atoms with E-state index >= 15 is 0 Å². The maximum Gasteiger partial charge on any atom is 0.282 e. The molecule has 178 valence electrons. The van der Waals surface area contributed by atoms with E-state index in [-0.39, 0.29) is 19.0 Å². The highest BCUT2D eigenvalue weighted by Gasteiger charge is 2.37. The third kappa shape index (κ3) is 4.20. The number of nitrogens with one attached hydrogen (secondary N) is 1. The maximum absolute atomic E-state index is 13.2. The fourth-order valence-electron chi connectivity index (χ4n) is 4.31. The van der Waals surface area contributed by atoms with Gasteiger partial charge in [0.25, 0.3) is 16.1 Å². The predicted octanol–water partition coefficient (Wildman–Crippen LogP) is 3.43. The van der Waals surface area contributed by atoms with Crippen LogP contribution in [0.15, 0.2) is 36.5 Å². The summed E-state index contributed by atoms with van der Waals surface area (Å²) in [7, 11) is -1.88. The number of anilines is 1. The number of aromatic nitrogens is 2. The molecule has 0 radical (unpaired) electrons. The first-order chi connectivity index (χ1) is 16.4. The Morgan fingerprint density at radius 2 is 1.88 bits per heavy atom. The number of hydrogen-bond acceptors (Lipinski definition) is 7. The number of thiazole rings is 1. The molecular formula is C23H25N5O4S2. The first kappa shape index (κ1) is 22.9. The first-order valence-electron chi connectivity index (χ1n) is 11.0. The molecule has 0 unspecified atom stereocenters. The number of benzene rings is 1. The van der Waals surface area contributed by atoms with Crippen LogP contribution in [0, 0.1) is 6.92 Å². The van der Waals surface area contributed by atoms with Crippen molar-refractivity contribution in [2.75, 3.05) is 25.5 Å². The predicted molar refractivity (Wildman–Crippen MR) is 130 cm³/mol. The van der Waals surface area contributed by atoms with Gasteiger partial charge in [-0.3, -0.25) is 15.1 Å². The quantitative estimate of drug-likeness (QED) is 0.557. The Morgan fingerprint density at radius 3 is 2.62 bits per heavy atom. The van der Waals surface area contributed by atoms with Crippen molar-refractivity contribution in [3.63, 3.8) is 0 Å². The van der Waals surface area contributed by atoms with Crippen molar-refractivity contribution in [1.29, 1.82) is 0 Å². The summed E-state index contributed by atoms with van der Waals surface area (Å²) >= 11 is 1.31. The molecule has 1 fully saturated rings. The van der Waals surface area contributed by atoms with Gasteiger partial charge in [0.15, 0.2) is 5.13 Å². The fraction of sp³-hybridized carbons (Fsp3) is 0.348. The molecule has 0 atom stereocenters. The van der Waals surface area contributed by atoms with E-state index in [0.29, 0.717) is 35.2 Å². The molecule has 2 aliphatic rings. The number of para-hydroxylation sites is 1. The third-order valence-electron chi connectivity index (χ3n) is 6.04. The summed E-state index contributed by atoms with van der Waals surface area (Å²) in [4.78, 5) is 22.9. The molecule has 34 heavy (non-hydrogen) atoms. The molecule has 11 heteroatoms. The molecule has 0 aliphatic carbocycles. The lowest BCUT2D eigenvalue weighted by molar-refractivity contribution is 0.102. The van der Waals surface area contributed by atoms with Crippen LogP contribution in [0.4, 0.5) is 5.13 Å². The minimum absolute atomic E-state index is 0.221. The van der Waals surface area contributed by atoms with Crippen LogP contribution < -0.4 is 10.1 Å². The van der Waals surface area contributed by atoms with Crippen molar-refractivity contribution in [1.82, 2.24) is 18.6 Å². The number of aryl methyl sites for hydroxylation is 1. The smallest absolute Gasteiger partial charge is 0.282 e. The largest absolute Gasteiger partial charge is 0.496 e. The van der Waals surface area contributed by atoms with Gasteiger partial charge in [-0.1, -0.05) is 29.5 Å². The number of ether oxygens (including phenoxy) is 1. The summed E-state index contributed by atoms with van der Waals surface area (Å²) in [5, 5.41) is 3.32. The lowest BCUT2D eigenvalue weighted by Gasteiger charge is -2.22. The van der Waals surface area contributed by atoms with E-state index in [4.69, 9.17) is 4.74 Å². The van der Waals surface area contributed by atoms with Gasteiger partial charge in [0.05, 0.1) is 31.5 Å². The van der Waals surface area contributed by atoms with Crippen molar-refractivity contribution in [3.05, 3.63) is 58.4 Å². The molecule has 9 nitrogen and oxygen atoms in total. The second-order valence-corrected chi connectivity index (χ2v) is 11.3. The molecule has 1 N–H and O–H groups in total. The normalized spacial score (nSPS) is 16.5. The maximum atomic E-state index is 13.2. The van der Waals surface area contributed by atoms with Crippen LogP contribution >= 0.6 is 11.3 Å². The summed E-state index contributed by atoms with van der Waals surface area (Å²) in [5.41, 5.74) is 3.39. The zero-order valence-electron chi connectivity index (χ0n) is 18.9. The molecule has 3 aromatic rings. The van der Waals surface area contributed by atoms with E-state index in [0.717, 1.165) is 34.5 Å². The molecule has 1 saturated heterocycles. The van der Waals surface area contributed by atoms with E-state index in [1.807, 2.05) is 37.3 Å². The number of carbonyl (C=O) groups excluding carboxylic acids is 1. The van der Waals surface area contributed by atoms with Crippen molar-refractivity contribution >= 4 is 32.6 Å². The Bertz CT molecular complexity index is 1330. The molecule has 1 amide bonds. The average Bonchev–Trinajstić information content (AvgIpc) is 3.56. The number of fused-ring (bicyclic) bond motifs is 1. The number of pyridine rings is 1. The van der Waals surface area contributed by atoms with Crippen LogP contribution in [-0.4, -0.2) is 53.1 Å². The highest BCUT2D eigenvalue weighted by Crippen LogP contribution is 2.36. The van der Waals surface area contributed by atoms with Gasteiger partial charge < -0.3 is 4.74 Å². The average molecular weight is 500 g/mol. The minimum Gasteiger partial charge on any atom is -0.496 e. The van der Waals surface area contributed by atoms with Crippen LogP contribution in [0.2, 0.25) is 0 Å². The van der Waals surface area contributed by atoms with E-state index in [1.54, 1.807) is 13.3 Å². The van der Waals surface area contributed by atoms with Gasteiger partial charge in [-0.15, -0.1) is 0 Å². The van der Waals surface area contributed by atoms with Gasteiger partial charge in [-0.05, 0) is 31.9 Å². The minimum atomic E-state index is -3.48. The van der Waals surface area contributed by atoms with Crippen LogP contribution in [0.5, 0.6) is 5.75 Å². The number of nitrogens with zero attached hydrogens (tertiary/aromatic N) is 4. The van der Waals surface area contributed by atoms with Crippen LogP contribution in [-0.2, 0) is 23.3 Å². The number of amides is 1. The first-order valence-corrected chi connectivity index (χ1v) is 13.2. The number of hydrogen-bond donors (Lipinski definition) is 1. The van der Waals surface area contributed by atoms with E-state index in [9.17, 15) is 13.2 Å². The Labute approximate surface area is 202 Å². The lowest BCUT2D eigenvalue weighted by Crippen LogP contribution is -2.39. The topological polar surface area (TPSA) is 105 Å². The van der Waals surface area contributed by atoms with E-state index in [1.165, 1.54) is 19.9 Å². The zero-order valence-corrected chi connectivity index (χ0v) is 20.6.